The Kier molecular flexibility index (Phi) is 3.26. The van der Waals surface area contributed by atoms with Crippen LogP contribution < -0.4 is 5.32 Å². The summed E-state index contributed by atoms with van der Waals surface area (Å²) in [6.45, 7) is 0. The zero-order chi connectivity index (χ0) is 13.3. The monoisotopic (exact) mass is 322 g/mol. The number of hydrogen-bond acceptors (Lipinski definition) is 3. The van der Waals surface area contributed by atoms with Gasteiger partial charge in [0.25, 0.3) is 5.91 Å². The summed E-state index contributed by atoms with van der Waals surface area (Å²) in [4.78, 5) is 16.5. The van der Waals surface area contributed by atoms with E-state index in [-0.39, 0.29) is 11.4 Å². The molecule has 100 valence electrons. The zero-order valence-electron chi connectivity index (χ0n) is 10.5. The molecule has 2 aromatic heterocycles. The van der Waals surface area contributed by atoms with E-state index >= 15 is 0 Å². The van der Waals surface area contributed by atoms with Crippen LogP contribution in [0.5, 0.6) is 0 Å². The quantitative estimate of drug-likeness (QED) is 0.881. The van der Waals surface area contributed by atoms with Crippen LogP contribution in [-0.4, -0.2) is 31.4 Å². The van der Waals surface area contributed by atoms with Gasteiger partial charge in [-0.15, -0.1) is 0 Å². The molecule has 0 saturated heterocycles. The molecular formula is C13H15BrN4O. The first kappa shape index (κ1) is 12.6. The minimum atomic E-state index is -0.104. The van der Waals surface area contributed by atoms with Gasteiger partial charge in [0.2, 0.25) is 0 Å². The van der Waals surface area contributed by atoms with E-state index in [1.807, 2.05) is 0 Å². The highest BCUT2D eigenvalue weighted by Gasteiger charge is 2.34. The molecule has 0 atom stereocenters. The maximum absolute atomic E-state index is 12.4. The van der Waals surface area contributed by atoms with E-state index in [0.29, 0.717) is 5.56 Å². The molecule has 5 nitrogen and oxygen atoms in total. The van der Waals surface area contributed by atoms with Crippen molar-refractivity contribution >= 4 is 27.4 Å². The first-order valence-corrected chi connectivity index (χ1v) is 7.52. The van der Waals surface area contributed by atoms with Gasteiger partial charge in [-0.05, 0) is 12.8 Å². The number of alkyl halides is 1. The van der Waals surface area contributed by atoms with Crippen molar-refractivity contribution in [3.63, 3.8) is 0 Å². The van der Waals surface area contributed by atoms with E-state index in [4.69, 9.17) is 0 Å². The molecule has 0 bridgehead atoms. The van der Waals surface area contributed by atoms with Gasteiger partial charge in [-0.3, -0.25) is 9.78 Å². The van der Waals surface area contributed by atoms with Crippen LogP contribution >= 0.6 is 15.9 Å². The Hall–Kier alpha value is -1.43. The number of carbonyl (C=O) groups is 1. The molecule has 1 fully saturated rings. The molecule has 0 unspecified atom stereocenters. The molecule has 0 radical (unpaired) electrons. The number of nitrogens with one attached hydrogen (secondary N) is 1. The number of fused-ring (bicyclic) bond motifs is 1. The third kappa shape index (κ3) is 2.25. The van der Waals surface area contributed by atoms with Crippen LogP contribution in [0.15, 0.2) is 24.8 Å². The third-order valence-corrected chi connectivity index (χ3v) is 4.84. The lowest BCUT2D eigenvalue weighted by atomic mass is 10.00. The molecule has 2 aromatic rings. The fourth-order valence-electron chi connectivity index (χ4n) is 2.66. The lowest BCUT2D eigenvalue weighted by Crippen LogP contribution is -2.47. The molecule has 0 aromatic carbocycles. The van der Waals surface area contributed by atoms with Gasteiger partial charge in [0.05, 0.1) is 29.0 Å². The van der Waals surface area contributed by atoms with Crippen molar-refractivity contribution in [3.05, 3.63) is 30.4 Å². The SMILES string of the molecule is O=C(NC1(CBr)CCCC1)c1cnn2ccncc12. The molecule has 2 heterocycles. The van der Waals surface area contributed by atoms with Gasteiger partial charge in [-0.2, -0.15) is 5.10 Å². The highest BCUT2D eigenvalue weighted by atomic mass is 79.9. The number of hydrogen-bond donors (Lipinski definition) is 1. The van der Waals surface area contributed by atoms with Crippen molar-refractivity contribution in [1.82, 2.24) is 19.9 Å². The molecule has 19 heavy (non-hydrogen) atoms. The molecule has 1 amide bonds. The molecule has 0 spiro atoms. The second kappa shape index (κ2) is 4.92. The van der Waals surface area contributed by atoms with Gasteiger partial charge in [0.15, 0.2) is 0 Å². The Morgan fingerprint density at radius 2 is 2.21 bits per heavy atom. The third-order valence-electron chi connectivity index (χ3n) is 3.76. The Balaban J connectivity index is 1.88. The predicted molar refractivity (Wildman–Crippen MR) is 75.4 cm³/mol. The highest BCUT2D eigenvalue weighted by Crippen LogP contribution is 2.31. The lowest BCUT2D eigenvalue weighted by Gasteiger charge is -2.27. The molecular weight excluding hydrogens is 308 g/mol. The zero-order valence-corrected chi connectivity index (χ0v) is 12.1. The summed E-state index contributed by atoms with van der Waals surface area (Å²) in [6.07, 6.45) is 11.1. The second-order valence-corrected chi connectivity index (χ2v) is 5.60. The molecule has 1 N–H and O–H groups in total. The minimum absolute atomic E-state index is 0.0654. The Bertz CT molecular complexity index is 603. The van der Waals surface area contributed by atoms with Gasteiger partial charge in [0, 0.05) is 17.7 Å². The minimum Gasteiger partial charge on any atom is -0.346 e. The average molecular weight is 323 g/mol. The molecule has 0 aliphatic heterocycles. The molecule has 1 aliphatic rings. The van der Waals surface area contributed by atoms with Crippen LogP contribution in [0.3, 0.4) is 0 Å². The molecule has 6 heteroatoms. The summed E-state index contributed by atoms with van der Waals surface area (Å²) in [7, 11) is 0. The van der Waals surface area contributed by atoms with Gasteiger partial charge in [-0.1, -0.05) is 28.8 Å². The largest absolute Gasteiger partial charge is 0.346 e. The van der Waals surface area contributed by atoms with Crippen molar-refractivity contribution < 1.29 is 4.79 Å². The molecule has 3 rings (SSSR count). The number of halogens is 1. The summed E-state index contributed by atoms with van der Waals surface area (Å²) in [5, 5.41) is 8.13. The van der Waals surface area contributed by atoms with E-state index in [1.54, 1.807) is 29.3 Å². The maximum Gasteiger partial charge on any atom is 0.255 e. The van der Waals surface area contributed by atoms with Crippen LogP contribution in [0.25, 0.3) is 5.52 Å². The van der Waals surface area contributed by atoms with E-state index < -0.39 is 0 Å². The Labute approximate surface area is 119 Å². The van der Waals surface area contributed by atoms with E-state index in [2.05, 4.69) is 31.3 Å². The Morgan fingerprint density at radius 3 is 2.95 bits per heavy atom. The van der Waals surface area contributed by atoms with E-state index in [1.165, 1.54) is 12.8 Å². The van der Waals surface area contributed by atoms with Gasteiger partial charge in [-0.25, -0.2) is 4.52 Å². The van der Waals surface area contributed by atoms with Crippen LogP contribution in [0, 0.1) is 0 Å². The van der Waals surface area contributed by atoms with Crippen molar-refractivity contribution in [2.75, 3.05) is 5.33 Å². The fraction of sp³-hybridized carbons (Fsp3) is 0.462. The van der Waals surface area contributed by atoms with Crippen molar-refractivity contribution in [2.24, 2.45) is 0 Å². The van der Waals surface area contributed by atoms with E-state index in [0.717, 1.165) is 23.7 Å². The summed E-state index contributed by atoms with van der Waals surface area (Å²) in [6, 6.07) is 0. The van der Waals surface area contributed by atoms with Gasteiger partial charge < -0.3 is 5.32 Å². The first-order valence-electron chi connectivity index (χ1n) is 6.40. The Morgan fingerprint density at radius 1 is 1.42 bits per heavy atom. The second-order valence-electron chi connectivity index (χ2n) is 5.04. The van der Waals surface area contributed by atoms with Crippen molar-refractivity contribution in [3.8, 4) is 0 Å². The lowest BCUT2D eigenvalue weighted by molar-refractivity contribution is 0.0912. The number of amides is 1. The van der Waals surface area contributed by atoms with Crippen molar-refractivity contribution in [1.29, 1.82) is 0 Å². The molecule has 1 saturated carbocycles. The predicted octanol–water partition coefficient (Wildman–Crippen LogP) is 2.17. The standard InChI is InChI=1S/C13H15BrN4O/c14-9-13(3-1-2-4-13)17-12(19)10-7-16-18-6-5-15-8-11(10)18/h5-8H,1-4,9H2,(H,17,19). The first-order chi connectivity index (χ1) is 9.24. The summed E-state index contributed by atoms with van der Waals surface area (Å²) in [5.74, 6) is -0.0654. The van der Waals surface area contributed by atoms with Crippen LogP contribution in [-0.2, 0) is 0 Å². The maximum atomic E-state index is 12.4. The number of rotatable bonds is 3. The highest BCUT2D eigenvalue weighted by molar-refractivity contribution is 9.09. The number of carbonyl (C=O) groups excluding carboxylic acids is 1. The number of aromatic nitrogens is 3. The molecule has 1 aliphatic carbocycles. The summed E-state index contributed by atoms with van der Waals surface area (Å²) in [5.41, 5.74) is 1.22. The van der Waals surface area contributed by atoms with Crippen LogP contribution in [0.2, 0.25) is 0 Å². The summed E-state index contributed by atoms with van der Waals surface area (Å²) >= 11 is 3.53. The van der Waals surface area contributed by atoms with E-state index in [9.17, 15) is 4.79 Å². The normalized spacial score (nSPS) is 17.7. The van der Waals surface area contributed by atoms with Crippen LogP contribution in [0.1, 0.15) is 36.0 Å². The van der Waals surface area contributed by atoms with Crippen molar-refractivity contribution in [2.45, 2.75) is 31.2 Å². The summed E-state index contributed by atoms with van der Waals surface area (Å²) < 4.78 is 1.66. The average Bonchev–Trinajstić information content (AvgIpc) is 3.05. The topological polar surface area (TPSA) is 59.3 Å². The fourth-order valence-corrected chi connectivity index (χ4v) is 3.36. The number of nitrogens with zero attached hydrogens (tertiary/aromatic N) is 3. The van der Waals surface area contributed by atoms with Gasteiger partial charge >= 0.3 is 0 Å². The van der Waals surface area contributed by atoms with Crippen LogP contribution in [0.4, 0.5) is 0 Å². The smallest absolute Gasteiger partial charge is 0.255 e. The van der Waals surface area contributed by atoms with Gasteiger partial charge in [0.1, 0.15) is 0 Å².